The second kappa shape index (κ2) is 4.88. The standard InChI is InChI=1S/C15H19N3O/c1-15(2,3)12-7-5-11(6-8-12)13(19)17-14-16-9-10-18(14)4/h5-10H,1-4H3,(H,16,17,19). The number of hydrogen-bond acceptors (Lipinski definition) is 2. The maximum Gasteiger partial charge on any atom is 0.257 e. The van der Waals surface area contributed by atoms with Gasteiger partial charge in [0.2, 0.25) is 5.95 Å². The Hall–Kier alpha value is -2.10. The molecule has 0 aliphatic carbocycles. The number of hydrogen-bond donors (Lipinski definition) is 1. The highest BCUT2D eigenvalue weighted by Crippen LogP contribution is 2.22. The van der Waals surface area contributed by atoms with Gasteiger partial charge >= 0.3 is 0 Å². The number of imidazole rings is 1. The molecule has 4 heteroatoms. The molecule has 2 rings (SSSR count). The zero-order valence-corrected chi connectivity index (χ0v) is 11.8. The molecule has 1 heterocycles. The van der Waals surface area contributed by atoms with Gasteiger partial charge in [0.1, 0.15) is 0 Å². The van der Waals surface area contributed by atoms with E-state index in [1.807, 2.05) is 31.3 Å². The van der Waals surface area contributed by atoms with Gasteiger partial charge in [-0.2, -0.15) is 0 Å². The van der Waals surface area contributed by atoms with Crippen LogP contribution in [0.2, 0.25) is 0 Å². The Labute approximate surface area is 113 Å². The fraction of sp³-hybridized carbons (Fsp3) is 0.333. The van der Waals surface area contributed by atoms with Crippen LogP contribution in [0.4, 0.5) is 5.95 Å². The first kappa shape index (κ1) is 13.3. The van der Waals surface area contributed by atoms with Gasteiger partial charge in [0, 0.05) is 25.0 Å². The Morgan fingerprint density at radius 2 is 1.84 bits per heavy atom. The van der Waals surface area contributed by atoms with E-state index >= 15 is 0 Å². The van der Waals surface area contributed by atoms with Crippen molar-refractivity contribution in [3.05, 3.63) is 47.8 Å². The molecule has 0 saturated carbocycles. The van der Waals surface area contributed by atoms with Crippen molar-refractivity contribution in [1.29, 1.82) is 0 Å². The lowest BCUT2D eigenvalue weighted by atomic mass is 9.87. The van der Waals surface area contributed by atoms with Crippen molar-refractivity contribution in [3.8, 4) is 0 Å². The predicted molar refractivity (Wildman–Crippen MR) is 76.3 cm³/mol. The van der Waals surface area contributed by atoms with Gasteiger partial charge in [0.15, 0.2) is 0 Å². The molecule has 1 aromatic carbocycles. The van der Waals surface area contributed by atoms with Gasteiger partial charge in [-0.1, -0.05) is 32.9 Å². The highest BCUT2D eigenvalue weighted by Gasteiger charge is 2.14. The summed E-state index contributed by atoms with van der Waals surface area (Å²) in [6, 6.07) is 7.68. The molecule has 4 nitrogen and oxygen atoms in total. The lowest BCUT2D eigenvalue weighted by Gasteiger charge is -2.19. The van der Waals surface area contributed by atoms with Crippen LogP contribution in [0.15, 0.2) is 36.7 Å². The van der Waals surface area contributed by atoms with Crippen LogP contribution < -0.4 is 5.32 Å². The van der Waals surface area contributed by atoms with Crippen LogP contribution in [0.25, 0.3) is 0 Å². The van der Waals surface area contributed by atoms with E-state index in [1.54, 1.807) is 17.0 Å². The SMILES string of the molecule is Cn1ccnc1NC(=O)c1ccc(C(C)(C)C)cc1. The maximum atomic E-state index is 12.1. The minimum atomic E-state index is -0.144. The zero-order valence-electron chi connectivity index (χ0n) is 11.8. The molecule has 0 fully saturated rings. The summed E-state index contributed by atoms with van der Waals surface area (Å²) in [7, 11) is 1.84. The number of aromatic nitrogens is 2. The monoisotopic (exact) mass is 257 g/mol. The van der Waals surface area contributed by atoms with E-state index in [2.05, 4.69) is 31.1 Å². The normalized spacial score (nSPS) is 11.4. The van der Waals surface area contributed by atoms with Crippen LogP contribution in [0.3, 0.4) is 0 Å². The number of benzene rings is 1. The number of carbonyl (C=O) groups excluding carboxylic acids is 1. The van der Waals surface area contributed by atoms with Crippen molar-refractivity contribution >= 4 is 11.9 Å². The molecule has 0 aliphatic rings. The maximum absolute atomic E-state index is 12.1. The number of rotatable bonds is 2. The molecule has 0 unspecified atom stereocenters. The van der Waals surface area contributed by atoms with E-state index in [0.717, 1.165) is 0 Å². The molecular weight excluding hydrogens is 238 g/mol. The lowest BCUT2D eigenvalue weighted by molar-refractivity contribution is 0.102. The van der Waals surface area contributed by atoms with Gasteiger partial charge in [-0.05, 0) is 23.1 Å². The van der Waals surface area contributed by atoms with Crippen molar-refractivity contribution in [2.75, 3.05) is 5.32 Å². The number of amides is 1. The molecule has 2 aromatic rings. The zero-order chi connectivity index (χ0) is 14.0. The molecule has 0 bridgehead atoms. The molecule has 0 aliphatic heterocycles. The largest absolute Gasteiger partial charge is 0.320 e. The van der Waals surface area contributed by atoms with Gasteiger partial charge in [0.05, 0.1) is 0 Å². The fourth-order valence-electron chi connectivity index (χ4n) is 1.78. The molecule has 0 radical (unpaired) electrons. The molecule has 1 aromatic heterocycles. The first-order chi connectivity index (χ1) is 8.88. The van der Waals surface area contributed by atoms with Gasteiger partial charge in [-0.3, -0.25) is 10.1 Å². The van der Waals surface area contributed by atoms with E-state index in [-0.39, 0.29) is 11.3 Å². The first-order valence-electron chi connectivity index (χ1n) is 6.27. The van der Waals surface area contributed by atoms with Crippen LogP contribution in [-0.2, 0) is 12.5 Å². The van der Waals surface area contributed by atoms with E-state index in [0.29, 0.717) is 11.5 Å². The number of nitrogens with one attached hydrogen (secondary N) is 1. The quantitative estimate of drug-likeness (QED) is 0.899. The first-order valence-corrected chi connectivity index (χ1v) is 6.27. The second-order valence-corrected chi connectivity index (χ2v) is 5.64. The van der Waals surface area contributed by atoms with Gasteiger partial charge < -0.3 is 4.57 Å². The van der Waals surface area contributed by atoms with Gasteiger partial charge in [0.25, 0.3) is 5.91 Å². The number of carbonyl (C=O) groups is 1. The summed E-state index contributed by atoms with van der Waals surface area (Å²) in [5.74, 6) is 0.402. The van der Waals surface area contributed by atoms with E-state index in [4.69, 9.17) is 0 Å². The minimum absolute atomic E-state index is 0.0919. The number of aryl methyl sites for hydroxylation is 1. The molecule has 1 amide bonds. The predicted octanol–water partition coefficient (Wildman–Crippen LogP) is 2.97. The van der Waals surface area contributed by atoms with Crippen molar-refractivity contribution in [2.45, 2.75) is 26.2 Å². The highest BCUT2D eigenvalue weighted by atomic mass is 16.1. The average molecular weight is 257 g/mol. The van der Waals surface area contributed by atoms with Crippen molar-refractivity contribution in [3.63, 3.8) is 0 Å². The van der Waals surface area contributed by atoms with E-state index in [1.165, 1.54) is 5.56 Å². The molecule has 0 saturated heterocycles. The number of nitrogens with zero attached hydrogens (tertiary/aromatic N) is 2. The fourth-order valence-corrected chi connectivity index (χ4v) is 1.78. The third-order valence-corrected chi connectivity index (χ3v) is 3.06. The Kier molecular flexibility index (Phi) is 3.42. The highest BCUT2D eigenvalue weighted by molar-refractivity contribution is 6.03. The molecule has 0 atom stereocenters. The van der Waals surface area contributed by atoms with Crippen LogP contribution in [-0.4, -0.2) is 15.5 Å². The van der Waals surface area contributed by atoms with Crippen molar-refractivity contribution < 1.29 is 4.79 Å². The summed E-state index contributed by atoms with van der Waals surface area (Å²) in [6.07, 6.45) is 3.44. The summed E-state index contributed by atoms with van der Waals surface area (Å²) in [5, 5.41) is 2.78. The van der Waals surface area contributed by atoms with Crippen molar-refractivity contribution in [1.82, 2.24) is 9.55 Å². The summed E-state index contributed by atoms with van der Waals surface area (Å²) in [5.41, 5.74) is 1.94. The third kappa shape index (κ3) is 3.02. The van der Waals surface area contributed by atoms with Crippen LogP contribution in [0.5, 0.6) is 0 Å². The van der Waals surface area contributed by atoms with E-state index < -0.39 is 0 Å². The number of anilines is 1. The third-order valence-electron chi connectivity index (χ3n) is 3.06. The Balaban J connectivity index is 2.14. The molecule has 19 heavy (non-hydrogen) atoms. The smallest absolute Gasteiger partial charge is 0.257 e. The second-order valence-electron chi connectivity index (χ2n) is 5.64. The summed E-state index contributed by atoms with van der Waals surface area (Å²) >= 11 is 0. The molecule has 100 valence electrons. The molecule has 0 spiro atoms. The van der Waals surface area contributed by atoms with Crippen LogP contribution >= 0.6 is 0 Å². The van der Waals surface area contributed by atoms with Gasteiger partial charge in [-0.15, -0.1) is 0 Å². The Morgan fingerprint density at radius 3 is 2.32 bits per heavy atom. The van der Waals surface area contributed by atoms with E-state index in [9.17, 15) is 4.79 Å². The summed E-state index contributed by atoms with van der Waals surface area (Å²) in [4.78, 5) is 16.1. The Bertz CT molecular complexity index is 576. The topological polar surface area (TPSA) is 46.9 Å². The lowest BCUT2D eigenvalue weighted by Crippen LogP contribution is -2.16. The van der Waals surface area contributed by atoms with Crippen LogP contribution in [0.1, 0.15) is 36.7 Å². The average Bonchev–Trinajstić information content (AvgIpc) is 2.74. The van der Waals surface area contributed by atoms with Crippen molar-refractivity contribution in [2.24, 2.45) is 7.05 Å². The molecular formula is C15H19N3O. The summed E-state index contributed by atoms with van der Waals surface area (Å²) in [6.45, 7) is 6.45. The minimum Gasteiger partial charge on any atom is -0.320 e. The Morgan fingerprint density at radius 1 is 1.21 bits per heavy atom. The summed E-state index contributed by atoms with van der Waals surface area (Å²) < 4.78 is 1.77. The molecule has 1 N–H and O–H groups in total. The van der Waals surface area contributed by atoms with Crippen LogP contribution in [0, 0.1) is 0 Å². The van der Waals surface area contributed by atoms with Gasteiger partial charge in [-0.25, -0.2) is 4.98 Å².